The molecule has 0 saturated carbocycles. The van der Waals surface area contributed by atoms with E-state index in [1.807, 2.05) is 6.92 Å². The summed E-state index contributed by atoms with van der Waals surface area (Å²) < 4.78 is 10.9. The molecule has 29 heavy (non-hydrogen) atoms. The number of ether oxygens (including phenoxy) is 2. The van der Waals surface area contributed by atoms with E-state index >= 15 is 0 Å². The Morgan fingerprint density at radius 3 is 2.03 bits per heavy atom. The Kier molecular flexibility index (Phi) is 5.12. The minimum Gasteiger partial charge on any atom is -0.454 e. The predicted molar refractivity (Wildman–Crippen MR) is 101 cm³/mol. The number of carbonyl (C=O) groups excluding carboxylic acids is 4. The van der Waals surface area contributed by atoms with Gasteiger partial charge in [0.05, 0.1) is 5.69 Å². The van der Waals surface area contributed by atoms with Crippen molar-refractivity contribution in [3.05, 3.63) is 17.7 Å². The number of anilines is 1. The summed E-state index contributed by atoms with van der Waals surface area (Å²) in [7, 11) is 0. The first-order valence-corrected chi connectivity index (χ1v) is 9.87. The second-order valence-corrected chi connectivity index (χ2v) is 7.41. The van der Waals surface area contributed by atoms with Crippen molar-refractivity contribution in [2.24, 2.45) is 0 Å². The summed E-state index contributed by atoms with van der Waals surface area (Å²) in [4.78, 5) is 51.1. The monoisotopic (exact) mass is 401 g/mol. The first-order chi connectivity index (χ1) is 14.0. The van der Waals surface area contributed by atoms with Crippen molar-refractivity contribution in [1.29, 1.82) is 0 Å². The number of nitrogens with zero attached hydrogens (tertiary/aromatic N) is 1. The van der Waals surface area contributed by atoms with Gasteiger partial charge in [-0.1, -0.05) is 13.3 Å². The van der Waals surface area contributed by atoms with Crippen LogP contribution >= 0.6 is 0 Å². The van der Waals surface area contributed by atoms with E-state index in [2.05, 4.69) is 10.6 Å². The summed E-state index contributed by atoms with van der Waals surface area (Å²) >= 11 is 0. The fourth-order valence-electron chi connectivity index (χ4n) is 3.91. The molecule has 9 nitrogen and oxygen atoms in total. The number of imide groups is 1. The third-order valence-corrected chi connectivity index (χ3v) is 5.36. The lowest BCUT2D eigenvalue weighted by Gasteiger charge is -2.28. The molecule has 4 rings (SSSR count). The van der Waals surface area contributed by atoms with Gasteiger partial charge < -0.3 is 20.1 Å². The smallest absolute Gasteiger partial charge is 0.256 e. The lowest BCUT2D eigenvalue weighted by Crippen LogP contribution is -2.53. The molecule has 3 heterocycles. The van der Waals surface area contributed by atoms with Crippen molar-refractivity contribution in [3.63, 3.8) is 0 Å². The lowest BCUT2D eigenvalue weighted by atomic mass is 10.0. The van der Waals surface area contributed by atoms with Gasteiger partial charge in [0.25, 0.3) is 11.8 Å². The Morgan fingerprint density at radius 1 is 1.00 bits per heavy atom. The molecule has 3 aliphatic heterocycles. The molecule has 0 aromatic heterocycles. The highest BCUT2D eigenvalue weighted by atomic mass is 16.7. The Hall–Kier alpha value is -3.10. The van der Waals surface area contributed by atoms with E-state index in [-0.39, 0.29) is 31.4 Å². The average molecular weight is 401 g/mol. The Balaban J connectivity index is 1.75. The van der Waals surface area contributed by atoms with Crippen molar-refractivity contribution in [2.45, 2.75) is 57.5 Å². The van der Waals surface area contributed by atoms with Gasteiger partial charge in [0.2, 0.25) is 18.6 Å². The van der Waals surface area contributed by atoms with Crippen LogP contribution in [0.15, 0.2) is 12.1 Å². The maximum absolute atomic E-state index is 13.3. The first-order valence-electron chi connectivity index (χ1n) is 9.87. The van der Waals surface area contributed by atoms with Crippen molar-refractivity contribution in [1.82, 2.24) is 10.6 Å². The molecule has 0 spiro atoms. The largest absolute Gasteiger partial charge is 0.454 e. The fourth-order valence-corrected chi connectivity index (χ4v) is 3.91. The zero-order valence-electron chi connectivity index (χ0n) is 16.2. The molecule has 2 N–H and O–H groups in total. The van der Waals surface area contributed by atoms with Crippen LogP contribution in [0.2, 0.25) is 0 Å². The number of nitrogens with one attached hydrogen (secondary N) is 2. The SMILES string of the molecule is CCCc1cc2c(cc1N(C(=O)[C@H]1CCC(=O)N1)C(=O)[C@H]1CCC(=O)N1)OCO2. The summed E-state index contributed by atoms with van der Waals surface area (Å²) in [6.45, 7) is 2.07. The highest BCUT2D eigenvalue weighted by molar-refractivity contribution is 6.20. The van der Waals surface area contributed by atoms with Crippen LogP contribution in [0.3, 0.4) is 0 Å². The zero-order chi connectivity index (χ0) is 20.5. The van der Waals surface area contributed by atoms with E-state index in [0.29, 0.717) is 36.4 Å². The van der Waals surface area contributed by atoms with Crippen LogP contribution in [0, 0.1) is 0 Å². The van der Waals surface area contributed by atoms with E-state index in [0.717, 1.165) is 16.9 Å². The number of aryl methyl sites for hydroxylation is 1. The molecule has 2 fully saturated rings. The molecule has 0 unspecified atom stereocenters. The van der Waals surface area contributed by atoms with E-state index in [9.17, 15) is 19.2 Å². The predicted octanol–water partition coefficient (Wildman–Crippen LogP) is 0.785. The lowest BCUT2D eigenvalue weighted by molar-refractivity contribution is -0.130. The van der Waals surface area contributed by atoms with Crippen molar-refractivity contribution < 1.29 is 28.7 Å². The van der Waals surface area contributed by atoms with Gasteiger partial charge in [0.1, 0.15) is 12.1 Å². The fraction of sp³-hybridized carbons (Fsp3) is 0.500. The van der Waals surface area contributed by atoms with Crippen molar-refractivity contribution in [3.8, 4) is 11.5 Å². The Morgan fingerprint density at radius 2 is 1.55 bits per heavy atom. The van der Waals surface area contributed by atoms with Crippen LogP contribution in [0.1, 0.15) is 44.6 Å². The second-order valence-electron chi connectivity index (χ2n) is 7.41. The Bertz CT molecular complexity index is 845. The van der Waals surface area contributed by atoms with Crippen LogP contribution in [-0.4, -0.2) is 42.5 Å². The normalized spacial score (nSPS) is 22.4. The maximum Gasteiger partial charge on any atom is 0.256 e. The van der Waals surface area contributed by atoms with Crippen molar-refractivity contribution in [2.75, 3.05) is 11.7 Å². The first kappa shape index (κ1) is 19.2. The quantitative estimate of drug-likeness (QED) is 0.705. The summed E-state index contributed by atoms with van der Waals surface area (Å²) in [6, 6.07) is 1.87. The molecule has 2 saturated heterocycles. The van der Waals surface area contributed by atoms with Crippen LogP contribution in [0.25, 0.3) is 0 Å². The molecular weight excluding hydrogens is 378 g/mol. The number of fused-ring (bicyclic) bond motifs is 1. The number of benzene rings is 1. The van der Waals surface area contributed by atoms with Gasteiger partial charge in [0.15, 0.2) is 11.5 Å². The van der Waals surface area contributed by atoms with Gasteiger partial charge in [-0.3, -0.25) is 19.2 Å². The molecule has 4 amide bonds. The summed E-state index contributed by atoms with van der Waals surface area (Å²) in [5.74, 6) is -0.415. The molecule has 0 radical (unpaired) electrons. The number of rotatable bonds is 5. The summed E-state index contributed by atoms with van der Waals surface area (Å²) in [6.07, 6.45) is 2.54. The number of amides is 4. The van der Waals surface area contributed by atoms with Gasteiger partial charge in [-0.15, -0.1) is 0 Å². The third-order valence-electron chi connectivity index (χ3n) is 5.36. The third kappa shape index (κ3) is 3.64. The molecule has 1 aromatic carbocycles. The van der Waals surface area contributed by atoms with Gasteiger partial charge >= 0.3 is 0 Å². The van der Waals surface area contributed by atoms with Crippen molar-refractivity contribution >= 4 is 29.3 Å². The highest BCUT2D eigenvalue weighted by Gasteiger charge is 2.40. The number of carbonyl (C=O) groups is 4. The van der Waals surface area contributed by atoms with Crippen LogP contribution in [0.4, 0.5) is 5.69 Å². The Labute approximate surface area is 167 Å². The molecule has 9 heteroatoms. The molecular formula is C20H23N3O6. The van der Waals surface area contributed by atoms with Gasteiger partial charge in [-0.25, -0.2) is 4.90 Å². The number of hydrogen-bond donors (Lipinski definition) is 2. The van der Waals surface area contributed by atoms with Gasteiger partial charge in [0, 0.05) is 18.9 Å². The summed E-state index contributed by atoms with van der Waals surface area (Å²) in [5, 5.41) is 5.27. The second kappa shape index (κ2) is 7.73. The summed E-state index contributed by atoms with van der Waals surface area (Å²) in [5.41, 5.74) is 1.18. The minimum absolute atomic E-state index is 0.0730. The molecule has 1 aromatic rings. The molecule has 0 bridgehead atoms. The molecule has 2 atom stereocenters. The maximum atomic E-state index is 13.3. The van der Waals surface area contributed by atoms with Crippen LogP contribution in [-0.2, 0) is 25.6 Å². The average Bonchev–Trinajstić information content (AvgIpc) is 3.43. The topological polar surface area (TPSA) is 114 Å². The van der Waals surface area contributed by atoms with E-state index in [1.165, 1.54) is 0 Å². The molecule has 0 aliphatic carbocycles. The van der Waals surface area contributed by atoms with Crippen LogP contribution < -0.4 is 25.0 Å². The molecule has 3 aliphatic rings. The minimum atomic E-state index is -0.775. The van der Waals surface area contributed by atoms with E-state index in [4.69, 9.17) is 9.47 Å². The van der Waals surface area contributed by atoms with Crippen LogP contribution in [0.5, 0.6) is 11.5 Å². The standard InChI is InChI=1S/C20H23N3O6/c1-2-3-11-8-15-16(29-10-28-15)9-14(11)23(19(26)12-4-6-17(24)21-12)20(27)13-5-7-18(25)22-13/h8-9,12-13H,2-7,10H2,1H3,(H,21,24)(H,22,25)/t12-,13-/m1/s1. The van der Waals surface area contributed by atoms with E-state index in [1.54, 1.807) is 12.1 Å². The van der Waals surface area contributed by atoms with Gasteiger partial charge in [-0.05, 0) is 30.9 Å². The highest BCUT2D eigenvalue weighted by Crippen LogP contribution is 2.40. The van der Waals surface area contributed by atoms with E-state index < -0.39 is 23.9 Å². The zero-order valence-corrected chi connectivity index (χ0v) is 16.2. The number of hydrogen-bond acceptors (Lipinski definition) is 6. The van der Waals surface area contributed by atoms with Gasteiger partial charge in [-0.2, -0.15) is 0 Å². The molecule has 154 valence electrons.